The van der Waals surface area contributed by atoms with Gasteiger partial charge in [0.1, 0.15) is 23.1 Å². The van der Waals surface area contributed by atoms with Crippen LogP contribution in [0.25, 0.3) is 22.0 Å². The van der Waals surface area contributed by atoms with Gasteiger partial charge < -0.3 is 19.8 Å². The highest BCUT2D eigenvalue weighted by Crippen LogP contribution is 2.46. The van der Waals surface area contributed by atoms with E-state index < -0.39 is 23.4 Å². The van der Waals surface area contributed by atoms with Crippen molar-refractivity contribution in [1.82, 2.24) is 9.88 Å². The SMILES string of the molecule is C=CC(=O)N1CCN2c3c(cnc4c(F)c(-c5c(O)cccc5F)c(Cl)cc34)N(C)C(=O)C2C1. The van der Waals surface area contributed by atoms with Crippen molar-refractivity contribution in [3.8, 4) is 16.9 Å². The molecule has 1 N–H and O–H groups in total. The summed E-state index contributed by atoms with van der Waals surface area (Å²) in [6, 6.07) is 4.44. The molecule has 0 saturated carbocycles. The highest BCUT2D eigenvalue weighted by molar-refractivity contribution is 6.34. The molecule has 10 heteroatoms. The lowest BCUT2D eigenvalue weighted by atomic mass is 9.97. The minimum Gasteiger partial charge on any atom is -0.507 e. The van der Waals surface area contributed by atoms with Crippen molar-refractivity contribution in [2.75, 3.05) is 36.5 Å². The molecular formula is C24H19ClF2N4O3. The van der Waals surface area contributed by atoms with Crippen molar-refractivity contribution < 1.29 is 23.5 Å². The van der Waals surface area contributed by atoms with E-state index in [2.05, 4.69) is 11.6 Å². The minimum absolute atomic E-state index is 0.0769. The lowest BCUT2D eigenvalue weighted by Gasteiger charge is -2.47. The zero-order valence-electron chi connectivity index (χ0n) is 18.1. The number of piperazine rings is 1. The number of likely N-dealkylation sites (N-methyl/N-ethyl adjacent to an activating group) is 1. The third kappa shape index (κ3) is 3.11. The molecule has 1 unspecified atom stereocenters. The fourth-order valence-electron chi connectivity index (χ4n) is 4.71. The summed E-state index contributed by atoms with van der Waals surface area (Å²) < 4.78 is 30.3. The standard InChI is InChI=1S/C24H19ClF2N4O3/c1-3-18(33)30-7-8-31-16(11-30)24(34)29(2)15-10-28-22-12(23(15)31)9-13(25)19(21(22)27)20-14(26)5-4-6-17(20)32/h3-6,9-10,16,32H,1,7-8,11H2,2H3. The molecule has 2 amide bonds. The summed E-state index contributed by atoms with van der Waals surface area (Å²) in [6.07, 6.45) is 2.59. The largest absolute Gasteiger partial charge is 0.507 e. The summed E-state index contributed by atoms with van der Waals surface area (Å²) in [5.74, 6) is -2.67. The summed E-state index contributed by atoms with van der Waals surface area (Å²) in [5, 5.41) is 10.4. The average Bonchev–Trinajstić information content (AvgIpc) is 2.82. The first-order valence-corrected chi connectivity index (χ1v) is 10.9. The van der Waals surface area contributed by atoms with Gasteiger partial charge in [-0.15, -0.1) is 0 Å². The number of amides is 2. The van der Waals surface area contributed by atoms with Gasteiger partial charge in [0.2, 0.25) is 5.91 Å². The van der Waals surface area contributed by atoms with Crippen LogP contribution in [0.4, 0.5) is 20.2 Å². The van der Waals surface area contributed by atoms with Gasteiger partial charge in [0.25, 0.3) is 5.91 Å². The number of hydrogen-bond acceptors (Lipinski definition) is 5. The van der Waals surface area contributed by atoms with Crippen LogP contribution in [0.3, 0.4) is 0 Å². The van der Waals surface area contributed by atoms with E-state index in [9.17, 15) is 19.1 Å². The van der Waals surface area contributed by atoms with Crippen LogP contribution >= 0.6 is 11.6 Å². The van der Waals surface area contributed by atoms with E-state index in [0.717, 1.165) is 6.07 Å². The lowest BCUT2D eigenvalue weighted by molar-refractivity contribution is -0.128. The molecule has 0 aliphatic carbocycles. The van der Waals surface area contributed by atoms with Crippen LogP contribution in [0.15, 0.2) is 43.1 Å². The topological polar surface area (TPSA) is 77.0 Å². The number of phenolic OH excluding ortho intramolecular Hbond substituents is 1. The Kier molecular flexibility index (Phi) is 5.16. The molecule has 2 aliphatic heterocycles. The highest BCUT2D eigenvalue weighted by Gasteiger charge is 2.42. The molecule has 1 saturated heterocycles. The molecule has 3 aromatic rings. The molecule has 7 nitrogen and oxygen atoms in total. The maximum Gasteiger partial charge on any atom is 0.251 e. The third-order valence-corrected chi connectivity index (χ3v) is 6.68. The monoisotopic (exact) mass is 484 g/mol. The number of anilines is 2. The Bertz CT molecular complexity index is 1380. The summed E-state index contributed by atoms with van der Waals surface area (Å²) in [7, 11) is 1.59. The molecule has 2 aromatic carbocycles. The minimum atomic E-state index is -0.887. The fourth-order valence-corrected chi connectivity index (χ4v) is 5.00. The number of phenols is 1. The molecule has 174 valence electrons. The van der Waals surface area contributed by atoms with Gasteiger partial charge in [-0.2, -0.15) is 0 Å². The summed E-state index contributed by atoms with van der Waals surface area (Å²) in [5.41, 5.74) is 0.289. The molecule has 2 aliphatic rings. The molecule has 3 heterocycles. The summed E-state index contributed by atoms with van der Waals surface area (Å²) in [6.45, 7) is 4.32. The van der Waals surface area contributed by atoms with E-state index in [4.69, 9.17) is 11.6 Å². The number of carbonyl (C=O) groups is 2. The molecule has 1 atom stereocenters. The van der Waals surface area contributed by atoms with E-state index >= 15 is 4.39 Å². The van der Waals surface area contributed by atoms with Gasteiger partial charge in [-0.25, -0.2) is 8.78 Å². The maximum absolute atomic E-state index is 15.8. The number of aromatic hydroxyl groups is 1. The number of pyridine rings is 1. The number of halogens is 3. The van der Waals surface area contributed by atoms with Crippen LogP contribution < -0.4 is 9.80 Å². The molecule has 1 fully saturated rings. The number of nitrogens with zero attached hydrogens (tertiary/aromatic N) is 4. The molecule has 34 heavy (non-hydrogen) atoms. The number of carbonyl (C=O) groups excluding carboxylic acids is 2. The van der Waals surface area contributed by atoms with Crippen molar-refractivity contribution in [2.45, 2.75) is 6.04 Å². The van der Waals surface area contributed by atoms with E-state index in [1.807, 2.05) is 4.90 Å². The van der Waals surface area contributed by atoms with Crippen molar-refractivity contribution in [3.63, 3.8) is 0 Å². The van der Waals surface area contributed by atoms with Crippen LogP contribution in [0.5, 0.6) is 5.75 Å². The van der Waals surface area contributed by atoms with Gasteiger partial charge in [-0.3, -0.25) is 14.6 Å². The van der Waals surface area contributed by atoms with Crippen molar-refractivity contribution in [2.24, 2.45) is 0 Å². The number of aromatic nitrogens is 1. The van der Waals surface area contributed by atoms with E-state index in [1.165, 1.54) is 35.4 Å². The first-order chi connectivity index (χ1) is 16.2. The van der Waals surface area contributed by atoms with Crippen LogP contribution in [0, 0.1) is 11.6 Å². The normalized spacial score (nSPS) is 17.6. The van der Waals surface area contributed by atoms with E-state index in [1.54, 1.807) is 11.9 Å². The molecule has 0 spiro atoms. The van der Waals surface area contributed by atoms with Crippen LogP contribution in [0.2, 0.25) is 5.02 Å². The number of benzene rings is 2. The zero-order valence-corrected chi connectivity index (χ0v) is 18.8. The third-order valence-electron chi connectivity index (χ3n) is 6.38. The number of rotatable bonds is 2. The van der Waals surface area contributed by atoms with Crippen LogP contribution in [-0.4, -0.2) is 59.5 Å². The Morgan fingerprint density at radius 1 is 1.29 bits per heavy atom. The van der Waals surface area contributed by atoms with Crippen LogP contribution in [0.1, 0.15) is 0 Å². The summed E-state index contributed by atoms with van der Waals surface area (Å²) in [4.78, 5) is 34.2. The first-order valence-electron chi connectivity index (χ1n) is 10.5. The molecule has 1 aromatic heterocycles. The number of fused-ring (bicyclic) bond motifs is 5. The predicted molar refractivity (Wildman–Crippen MR) is 125 cm³/mol. The molecule has 0 bridgehead atoms. The highest BCUT2D eigenvalue weighted by atomic mass is 35.5. The van der Waals surface area contributed by atoms with Crippen molar-refractivity contribution in [3.05, 3.63) is 59.8 Å². The maximum atomic E-state index is 15.8. The Morgan fingerprint density at radius 3 is 2.76 bits per heavy atom. The number of hydrogen-bond donors (Lipinski definition) is 1. The smallest absolute Gasteiger partial charge is 0.251 e. The van der Waals surface area contributed by atoms with Crippen molar-refractivity contribution in [1.29, 1.82) is 0 Å². The second-order valence-corrected chi connectivity index (χ2v) is 8.57. The van der Waals surface area contributed by atoms with Gasteiger partial charge in [0.15, 0.2) is 5.82 Å². The quantitative estimate of drug-likeness (QED) is 0.561. The predicted octanol–water partition coefficient (Wildman–Crippen LogP) is 3.72. The molecular weight excluding hydrogens is 466 g/mol. The van der Waals surface area contributed by atoms with Gasteiger partial charge in [-0.1, -0.05) is 24.2 Å². The Balaban J connectivity index is 1.72. The average molecular weight is 485 g/mol. The van der Waals surface area contributed by atoms with Gasteiger partial charge in [-0.05, 0) is 24.3 Å². The van der Waals surface area contributed by atoms with Gasteiger partial charge >= 0.3 is 0 Å². The second-order valence-electron chi connectivity index (χ2n) is 8.16. The summed E-state index contributed by atoms with van der Waals surface area (Å²) >= 11 is 6.44. The van der Waals surface area contributed by atoms with E-state index in [-0.39, 0.29) is 40.0 Å². The van der Waals surface area contributed by atoms with Gasteiger partial charge in [0, 0.05) is 31.1 Å². The fraction of sp³-hybridized carbons (Fsp3) is 0.208. The Morgan fingerprint density at radius 2 is 2.06 bits per heavy atom. The lowest BCUT2D eigenvalue weighted by Crippen LogP contribution is -2.62. The molecule has 0 radical (unpaired) electrons. The second kappa shape index (κ2) is 7.95. The zero-order chi connectivity index (χ0) is 24.3. The Hall–Kier alpha value is -3.72. The van der Waals surface area contributed by atoms with E-state index in [0.29, 0.717) is 29.9 Å². The Labute approximate surface area is 198 Å². The van der Waals surface area contributed by atoms with Crippen molar-refractivity contribution >= 4 is 45.7 Å². The van der Waals surface area contributed by atoms with Gasteiger partial charge in [0.05, 0.1) is 34.7 Å². The first kappa shape index (κ1) is 22.1. The molecule has 5 rings (SSSR count). The van der Waals surface area contributed by atoms with Crippen LogP contribution in [-0.2, 0) is 9.59 Å².